The van der Waals surface area contributed by atoms with Gasteiger partial charge < -0.3 is 14.7 Å². The Morgan fingerprint density at radius 3 is 3.00 bits per heavy atom. The molecule has 0 aromatic rings. The molecule has 0 bridgehead atoms. The highest BCUT2D eigenvalue weighted by Crippen LogP contribution is 2.14. The molecule has 2 unspecified atom stereocenters. The van der Waals surface area contributed by atoms with Crippen LogP contribution in [0, 0.1) is 0 Å². The molecule has 1 aliphatic rings. The van der Waals surface area contributed by atoms with Gasteiger partial charge in [0.25, 0.3) is 0 Å². The van der Waals surface area contributed by atoms with Crippen LogP contribution in [0.3, 0.4) is 0 Å². The molecule has 2 atom stereocenters. The van der Waals surface area contributed by atoms with E-state index in [4.69, 9.17) is 9.84 Å². The van der Waals surface area contributed by atoms with Crippen molar-refractivity contribution < 1.29 is 14.6 Å². The van der Waals surface area contributed by atoms with E-state index in [1.54, 1.807) is 6.20 Å². The Morgan fingerprint density at radius 1 is 1.71 bits per heavy atom. The van der Waals surface area contributed by atoms with E-state index in [1.165, 1.54) is 6.08 Å². The van der Waals surface area contributed by atoms with Gasteiger partial charge in [-0.1, -0.05) is 6.92 Å². The SMILES string of the molecule is CCC1COC(C)CN1/C=C/C(=O)O. The molecule has 4 heteroatoms. The van der Waals surface area contributed by atoms with Gasteiger partial charge in [0.05, 0.1) is 18.8 Å². The summed E-state index contributed by atoms with van der Waals surface area (Å²) in [5.74, 6) is -0.904. The van der Waals surface area contributed by atoms with E-state index in [2.05, 4.69) is 6.92 Å². The van der Waals surface area contributed by atoms with Crippen molar-refractivity contribution in [2.24, 2.45) is 0 Å². The van der Waals surface area contributed by atoms with Crippen LogP contribution in [0.4, 0.5) is 0 Å². The lowest BCUT2D eigenvalue weighted by molar-refractivity contribution is -0.131. The molecule has 4 nitrogen and oxygen atoms in total. The minimum Gasteiger partial charge on any atom is -0.478 e. The lowest BCUT2D eigenvalue weighted by atomic mass is 10.1. The van der Waals surface area contributed by atoms with Crippen molar-refractivity contribution in [2.75, 3.05) is 13.2 Å². The highest BCUT2D eigenvalue weighted by Gasteiger charge is 2.22. The predicted molar refractivity (Wildman–Crippen MR) is 53.0 cm³/mol. The first-order valence-electron chi connectivity index (χ1n) is 4.92. The molecule has 14 heavy (non-hydrogen) atoms. The zero-order valence-electron chi connectivity index (χ0n) is 8.64. The highest BCUT2D eigenvalue weighted by molar-refractivity contribution is 5.79. The van der Waals surface area contributed by atoms with Crippen LogP contribution < -0.4 is 0 Å². The Bertz CT molecular complexity index is 227. The fraction of sp³-hybridized carbons (Fsp3) is 0.700. The van der Waals surface area contributed by atoms with Gasteiger partial charge in [-0.15, -0.1) is 0 Å². The second-order valence-electron chi connectivity index (χ2n) is 3.56. The monoisotopic (exact) mass is 199 g/mol. The molecule has 0 aromatic heterocycles. The van der Waals surface area contributed by atoms with E-state index in [0.29, 0.717) is 12.6 Å². The maximum absolute atomic E-state index is 10.4. The van der Waals surface area contributed by atoms with Crippen molar-refractivity contribution in [2.45, 2.75) is 32.4 Å². The summed E-state index contributed by atoms with van der Waals surface area (Å²) in [6.07, 6.45) is 3.98. The zero-order valence-corrected chi connectivity index (χ0v) is 8.64. The minimum atomic E-state index is -0.904. The molecule has 0 spiro atoms. The van der Waals surface area contributed by atoms with Crippen LogP contribution in [0.1, 0.15) is 20.3 Å². The van der Waals surface area contributed by atoms with E-state index in [1.807, 2.05) is 11.8 Å². The number of carbonyl (C=O) groups is 1. The Morgan fingerprint density at radius 2 is 2.43 bits per heavy atom. The van der Waals surface area contributed by atoms with E-state index in [-0.39, 0.29) is 6.10 Å². The molecule has 0 aromatic carbocycles. The van der Waals surface area contributed by atoms with Gasteiger partial charge in [0.2, 0.25) is 0 Å². The number of carboxylic acids is 1. The number of carboxylic acid groups (broad SMARTS) is 1. The van der Waals surface area contributed by atoms with Gasteiger partial charge in [0.15, 0.2) is 0 Å². The number of aliphatic carboxylic acids is 1. The van der Waals surface area contributed by atoms with E-state index >= 15 is 0 Å². The van der Waals surface area contributed by atoms with Crippen LogP contribution in [0.15, 0.2) is 12.3 Å². The van der Waals surface area contributed by atoms with Crippen LogP contribution in [0.5, 0.6) is 0 Å². The molecule has 0 radical (unpaired) electrons. The second kappa shape index (κ2) is 5.00. The van der Waals surface area contributed by atoms with Gasteiger partial charge in [0.1, 0.15) is 0 Å². The Labute approximate surface area is 84.2 Å². The van der Waals surface area contributed by atoms with Crippen molar-refractivity contribution in [1.82, 2.24) is 4.90 Å². The second-order valence-corrected chi connectivity index (χ2v) is 3.56. The Hall–Kier alpha value is -1.03. The predicted octanol–water partition coefficient (Wildman–Crippen LogP) is 1.08. The van der Waals surface area contributed by atoms with Crippen molar-refractivity contribution in [1.29, 1.82) is 0 Å². The van der Waals surface area contributed by atoms with Crippen molar-refractivity contribution >= 4 is 5.97 Å². The largest absolute Gasteiger partial charge is 0.478 e. The summed E-state index contributed by atoms with van der Waals surface area (Å²) in [5.41, 5.74) is 0. The number of hydrogen-bond acceptors (Lipinski definition) is 3. The summed E-state index contributed by atoms with van der Waals surface area (Å²) in [6.45, 7) is 5.52. The van der Waals surface area contributed by atoms with Crippen molar-refractivity contribution in [3.8, 4) is 0 Å². The van der Waals surface area contributed by atoms with Gasteiger partial charge in [0, 0.05) is 18.8 Å². The minimum absolute atomic E-state index is 0.177. The first-order valence-corrected chi connectivity index (χ1v) is 4.92. The molecule has 1 heterocycles. The number of hydrogen-bond donors (Lipinski definition) is 1. The summed E-state index contributed by atoms with van der Waals surface area (Å²) >= 11 is 0. The topological polar surface area (TPSA) is 49.8 Å². The molecule has 1 rings (SSSR count). The summed E-state index contributed by atoms with van der Waals surface area (Å²) < 4.78 is 5.50. The van der Waals surface area contributed by atoms with Gasteiger partial charge >= 0.3 is 5.97 Å². The molecule has 80 valence electrons. The van der Waals surface area contributed by atoms with E-state index in [0.717, 1.165) is 13.0 Å². The van der Waals surface area contributed by atoms with Crippen LogP contribution >= 0.6 is 0 Å². The smallest absolute Gasteiger partial charge is 0.329 e. The first-order chi connectivity index (χ1) is 6.63. The fourth-order valence-corrected chi connectivity index (χ4v) is 1.56. The molecule has 0 aliphatic carbocycles. The standard InChI is InChI=1S/C10H17NO3/c1-3-9-7-14-8(2)6-11(9)5-4-10(12)13/h4-5,8-9H,3,6-7H2,1-2H3,(H,12,13)/b5-4+. The maximum atomic E-state index is 10.4. The van der Waals surface area contributed by atoms with Crippen molar-refractivity contribution in [3.05, 3.63) is 12.3 Å². The van der Waals surface area contributed by atoms with Crippen LogP contribution in [0.2, 0.25) is 0 Å². The third kappa shape index (κ3) is 3.03. The van der Waals surface area contributed by atoms with Gasteiger partial charge in [-0.05, 0) is 13.3 Å². The van der Waals surface area contributed by atoms with Crippen molar-refractivity contribution in [3.63, 3.8) is 0 Å². The lowest BCUT2D eigenvalue weighted by Gasteiger charge is -2.37. The molecule has 1 fully saturated rings. The summed E-state index contributed by atoms with van der Waals surface area (Å²) in [6, 6.07) is 0.307. The molecule has 0 amide bonds. The van der Waals surface area contributed by atoms with Crippen LogP contribution in [-0.4, -0.2) is 41.3 Å². The maximum Gasteiger partial charge on any atom is 0.329 e. The number of ether oxygens (including phenoxy) is 1. The van der Waals surface area contributed by atoms with Crippen LogP contribution in [0.25, 0.3) is 0 Å². The first kappa shape index (κ1) is 11.0. The van der Waals surface area contributed by atoms with Crippen LogP contribution in [-0.2, 0) is 9.53 Å². The number of nitrogens with zero attached hydrogens (tertiary/aromatic N) is 1. The fourth-order valence-electron chi connectivity index (χ4n) is 1.56. The third-order valence-electron chi connectivity index (χ3n) is 2.39. The summed E-state index contributed by atoms with van der Waals surface area (Å²) in [5, 5.41) is 8.52. The Balaban J connectivity index is 2.57. The molecule has 1 aliphatic heterocycles. The average Bonchev–Trinajstić information content (AvgIpc) is 2.15. The molecular formula is C10H17NO3. The van der Waals surface area contributed by atoms with Gasteiger partial charge in [-0.25, -0.2) is 4.79 Å². The molecule has 1 N–H and O–H groups in total. The molecule has 1 saturated heterocycles. The zero-order chi connectivity index (χ0) is 10.6. The van der Waals surface area contributed by atoms with Gasteiger partial charge in [-0.2, -0.15) is 0 Å². The lowest BCUT2D eigenvalue weighted by Crippen LogP contribution is -2.45. The number of rotatable bonds is 3. The average molecular weight is 199 g/mol. The summed E-state index contributed by atoms with van der Waals surface area (Å²) in [4.78, 5) is 12.4. The highest BCUT2D eigenvalue weighted by atomic mass is 16.5. The quantitative estimate of drug-likeness (QED) is 0.691. The van der Waals surface area contributed by atoms with E-state index < -0.39 is 5.97 Å². The Kier molecular flexibility index (Phi) is 3.95. The van der Waals surface area contributed by atoms with Gasteiger partial charge in [-0.3, -0.25) is 0 Å². The normalized spacial score (nSPS) is 28.3. The summed E-state index contributed by atoms with van der Waals surface area (Å²) in [7, 11) is 0. The molecule has 0 saturated carbocycles. The third-order valence-corrected chi connectivity index (χ3v) is 2.39. The molecular weight excluding hydrogens is 182 g/mol. The van der Waals surface area contributed by atoms with E-state index in [9.17, 15) is 4.79 Å². The number of morpholine rings is 1.